The van der Waals surface area contributed by atoms with Gasteiger partial charge in [-0.05, 0) is 44.6 Å². The van der Waals surface area contributed by atoms with Gasteiger partial charge in [-0.1, -0.05) is 6.42 Å². The van der Waals surface area contributed by atoms with Crippen molar-refractivity contribution in [1.29, 1.82) is 0 Å². The molecule has 6 nitrogen and oxygen atoms in total. The Morgan fingerprint density at radius 2 is 2.15 bits per heavy atom. The zero-order valence-electron chi connectivity index (χ0n) is 15.9. The molecular formula is C20H28N4O2S. The van der Waals surface area contributed by atoms with Crippen LogP contribution in [0.15, 0.2) is 17.1 Å². The van der Waals surface area contributed by atoms with Crippen LogP contribution in [0.4, 0.5) is 0 Å². The molecule has 4 atom stereocenters. The van der Waals surface area contributed by atoms with Gasteiger partial charge in [0.25, 0.3) is 5.56 Å². The average Bonchev–Trinajstić information content (AvgIpc) is 3.03. The summed E-state index contributed by atoms with van der Waals surface area (Å²) < 4.78 is 1.65. The lowest BCUT2D eigenvalue weighted by atomic mass is 9.72. The summed E-state index contributed by atoms with van der Waals surface area (Å²) in [7, 11) is 0. The van der Waals surface area contributed by atoms with Crippen molar-refractivity contribution in [2.75, 3.05) is 26.2 Å². The Morgan fingerprint density at radius 1 is 1.30 bits per heavy atom. The van der Waals surface area contributed by atoms with Crippen LogP contribution in [-0.4, -0.2) is 62.6 Å². The van der Waals surface area contributed by atoms with Crippen LogP contribution >= 0.6 is 11.3 Å². The molecule has 27 heavy (non-hydrogen) atoms. The first-order valence-electron chi connectivity index (χ1n) is 10.2. The van der Waals surface area contributed by atoms with Crippen molar-refractivity contribution < 1.29 is 5.11 Å². The summed E-state index contributed by atoms with van der Waals surface area (Å²) >= 11 is 1.57. The van der Waals surface area contributed by atoms with E-state index in [1.165, 1.54) is 25.7 Å². The summed E-state index contributed by atoms with van der Waals surface area (Å²) in [6, 6.07) is 2.62. The van der Waals surface area contributed by atoms with E-state index in [0.717, 1.165) is 41.7 Å². The average molecular weight is 389 g/mol. The molecule has 0 radical (unpaired) electrons. The van der Waals surface area contributed by atoms with Gasteiger partial charge in [-0.15, -0.1) is 11.3 Å². The molecule has 3 saturated heterocycles. The molecule has 2 aromatic rings. The minimum absolute atomic E-state index is 0.0169. The van der Waals surface area contributed by atoms with Crippen LogP contribution in [0.2, 0.25) is 0 Å². The summed E-state index contributed by atoms with van der Waals surface area (Å²) in [5, 5.41) is 10.1. The molecule has 3 fully saturated rings. The Kier molecular flexibility index (Phi) is 4.58. The molecule has 5 rings (SSSR count). The third-order valence-electron chi connectivity index (χ3n) is 6.81. The Labute approximate surface area is 163 Å². The third kappa shape index (κ3) is 3.14. The van der Waals surface area contributed by atoms with E-state index in [-0.39, 0.29) is 12.2 Å². The lowest BCUT2D eigenvalue weighted by Crippen LogP contribution is -2.64. The molecule has 1 N–H and O–H groups in total. The van der Waals surface area contributed by atoms with Crippen LogP contribution < -0.4 is 5.56 Å². The zero-order valence-corrected chi connectivity index (χ0v) is 16.7. The molecule has 2 bridgehead atoms. The fourth-order valence-corrected chi connectivity index (χ4v) is 6.60. The lowest BCUT2D eigenvalue weighted by molar-refractivity contribution is -0.0876. The smallest absolute Gasteiger partial charge is 0.258 e. The van der Waals surface area contributed by atoms with Gasteiger partial charge in [0.2, 0.25) is 0 Å². The summed E-state index contributed by atoms with van der Waals surface area (Å²) in [5.41, 5.74) is 0.895. The Hall–Kier alpha value is -1.28. The van der Waals surface area contributed by atoms with Crippen molar-refractivity contribution in [2.45, 2.75) is 51.2 Å². The quantitative estimate of drug-likeness (QED) is 0.868. The maximum absolute atomic E-state index is 12.4. The molecule has 0 saturated carbocycles. The van der Waals surface area contributed by atoms with Crippen molar-refractivity contribution in [3.05, 3.63) is 33.2 Å². The number of fused-ring (bicyclic) bond motifs is 5. The van der Waals surface area contributed by atoms with Gasteiger partial charge < -0.3 is 5.11 Å². The number of aryl methyl sites for hydroxylation is 1. The summed E-state index contributed by atoms with van der Waals surface area (Å²) in [4.78, 5) is 24.1. The normalized spacial score (nSPS) is 31.9. The Balaban J connectivity index is 1.38. The number of aliphatic hydroxyl groups is 1. The maximum atomic E-state index is 12.4. The van der Waals surface area contributed by atoms with Crippen LogP contribution in [0.5, 0.6) is 0 Å². The minimum atomic E-state index is 0.0169. The fraction of sp³-hybridized carbons (Fsp3) is 0.700. The summed E-state index contributed by atoms with van der Waals surface area (Å²) in [5.74, 6) is 1.21. The molecule has 3 aliphatic rings. The lowest BCUT2D eigenvalue weighted by Gasteiger charge is -2.56. The first-order chi connectivity index (χ1) is 13.1. The number of piperidine rings is 3. The number of aliphatic hydroxyl groups excluding tert-OH is 1. The monoisotopic (exact) mass is 388 g/mol. The number of nitrogens with zero attached hydrogens (tertiary/aromatic N) is 4. The number of aromatic nitrogens is 2. The molecule has 5 heterocycles. The molecule has 146 valence electrons. The SMILES string of the molecule is Cc1cn2c(=O)cc(CN3C[C@H]4C[C@@H](C3)[C@H](CO)N3CCCC[C@@H]43)nc2s1. The highest BCUT2D eigenvalue weighted by Crippen LogP contribution is 2.41. The molecule has 0 amide bonds. The second-order valence-corrected chi connectivity index (χ2v) is 9.79. The molecular weight excluding hydrogens is 360 g/mol. The van der Waals surface area contributed by atoms with Crippen LogP contribution in [0.25, 0.3) is 4.96 Å². The van der Waals surface area contributed by atoms with Gasteiger partial charge in [-0.3, -0.25) is 19.0 Å². The van der Waals surface area contributed by atoms with Gasteiger partial charge in [0.1, 0.15) is 0 Å². The summed E-state index contributed by atoms with van der Waals surface area (Å²) in [6.07, 6.45) is 6.95. The van der Waals surface area contributed by atoms with E-state index in [0.29, 0.717) is 23.9 Å². The van der Waals surface area contributed by atoms with Crippen molar-refractivity contribution in [3.8, 4) is 0 Å². The van der Waals surface area contributed by atoms with E-state index in [4.69, 9.17) is 4.98 Å². The van der Waals surface area contributed by atoms with Crippen LogP contribution in [0.3, 0.4) is 0 Å². The van der Waals surface area contributed by atoms with Gasteiger partial charge in [0.05, 0.1) is 12.3 Å². The number of hydrogen-bond acceptors (Lipinski definition) is 6. The standard InChI is InChI=1S/C20H28N4O2S/c1-13-8-24-19(26)7-16(21-20(24)27-13)11-22-9-14-6-15(10-22)18(12-25)23-5-3-2-4-17(14)23/h7-8,14-15,17-18,25H,2-6,9-12H2,1H3/t14-,15+,17+,18+/m1/s1. The second-order valence-electron chi connectivity index (χ2n) is 8.58. The first-order valence-corrected chi connectivity index (χ1v) is 11.0. The van der Waals surface area contributed by atoms with E-state index >= 15 is 0 Å². The van der Waals surface area contributed by atoms with Crippen LogP contribution in [0.1, 0.15) is 36.3 Å². The van der Waals surface area contributed by atoms with Crippen molar-refractivity contribution in [1.82, 2.24) is 19.2 Å². The van der Waals surface area contributed by atoms with Crippen molar-refractivity contribution >= 4 is 16.3 Å². The van der Waals surface area contributed by atoms with Crippen LogP contribution in [-0.2, 0) is 6.54 Å². The maximum Gasteiger partial charge on any atom is 0.258 e. The van der Waals surface area contributed by atoms with Crippen molar-refractivity contribution in [2.24, 2.45) is 11.8 Å². The zero-order chi connectivity index (χ0) is 18.5. The van der Waals surface area contributed by atoms with Gasteiger partial charge in [0, 0.05) is 48.9 Å². The number of thiazole rings is 1. The Bertz CT molecular complexity index is 880. The fourth-order valence-electron chi connectivity index (χ4n) is 5.75. The van der Waals surface area contributed by atoms with E-state index in [1.54, 1.807) is 21.8 Å². The molecule has 0 spiro atoms. The molecule has 7 heteroatoms. The molecule has 0 aliphatic carbocycles. The van der Waals surface area contributed by atoms with E-state index in [9.17, 15) is 9.90 Å². The number of hydrogen-bond donors (Lipinski definition) is 1. The first kappa shape index (κ1) is 17.8. The number of rotatable bonds is 3. The largest absolute Gasteiger partial charge is 0.395 e. The Morgan fingerprint density at radius 3 is 3.00 bits per heavy atom. The number of likely N-dealkylation sites (tertiary alicyclic amines) is 1. The summed E-state index contributed by atoms with van der Waals surface area (Å²) in [6.45, 7) is 6.24. The molecule has 3 aliphatic heterocycles. The highest BCUT2D eigenvalue weighted by atomic mass is 32.1. The molecule has 2 aromatic heterocycles. The van der Waals surface area contributed by atoms with Gasteiger partial charge in [-0.2, -0.15) is 0 Å². The molecule has 0 aromatic carbocycles. The highest BCUT2D eigenvalue weighted by molar-refractivity contribution is 7.16. The van der Waals surface area contributed by atoms with Gasteiger partial charge >= 0.3 is 0 Å². The third-order valence-corrected chi connectivity index (χ3v) is 7.70. The predicted molar refractivity (Wildman–Crippen MR) is 106 cm³/mol. The second kappa shape index (κ2) is 6.95. The topological polar surface area (TPSA) is 61.1 Å². The predicted octanol–water partition coefficient (Wildman–Crippen LogP) is 1.73. The minimum Gasteiger partial charge on any atom is -0.395 e. The van der Waals surface area contributed by atoms with E-state index in [2.05, 4.69) is 9.80 Å². The van der Waals surface area contributed by atoms with Gasteiger partial charge in [-0.25, -0.2) is 4.98 Å². The van der Waals surface area contributed by atoms with E-state index in [1.807, 2.05) is 13.1 Å². The molecule has 0 unspecified atom stereocenters. The van der Waals surface area contributed by atoms with Crippen molar-refractivity contribution in [3.63, 3.8) is 0 Å². The van der Waals surface area contributed by atoms with Gasteiger partial charge in [0.15, 0.2) is 4.96 Å². The van der Waals surface area contributed by atoms with E-state index < -0.39 is 0 Å². The van der Waals surface area contributed by atoms with Crippen LogP contribution in [0, 0.1) is 18.8 Å². The highest BCUT2D eigenvalue weighted by Gasteiger charge is 2.46.